The van der Waals surface area contributed by atoms with Crippen LogP contribution in [0.1, 0.15) is 5.82 Å². The van der Waals surface area contributed by atoms with Crippen LogP contribution in [-0.2, 0) is 17.9 Å². The summed E-state index contributed by atoms with van der Waals surface area (Å²) in [7, 11) is 0. The van der Waals surface area contributed by atoms with Crippen molar-refractivity contribution in [3.05, 3.63) is 28.3 Å². The Kier molecular flexibility index (Phi) is 3.22. The van der Waals surface area contributed by atoms with E-state index in [9.17, 15) is 14.9 Å². The van der Waals surface area contributed by atoms with Crippen molar-refractivity contribution >= 4 is 11.6 Å². The van der Waals surface area contributed by atoms with Gasteiger partial charge in [-0.05, 0) is 0 Å². The number of nitro groups is 1. The second-order valence-corrected chi connectivity index (χ2v) is 3.26. The lowest BCUT2D eigenvalue weighted by atomic mass is 10.5. The number of carbonyl (C=O) groups is 1. The Balaban J connectivity index is 1.85. The first kappa shape index (κ1) is 11.6. The zero-order chi connectivity index (χ0) is 13.0. The molecule has 2 aromatic heterocycles. The van der Waals surface area contributed by atoms with Crippen LogP contribution in [0.5, 0.6) is 0 Å². The molecule has 11 heteroatoms. The molecule has 0 saturated carbocycles. The van der Waals surface area contributed by atoms with Gasteiger partial charge in [-0.15, -0.1) is 10.2 Å². The Labute approximate surface area is 99.3 Å². The molecule has 11 nitrogen and oxygen atoms in total. The molecule has 0 radical (unpaired) electrons. The highest BCUT2D eigenvalue weighted by atomic mass is 16.6. The minimum Gasteiger partial charge on any atom is -0.347 e. The molecule has 2 rings (SSSR count). The highest BCUT2D eigenvalue weighted by molar-refractivity contribution is 5.75. The molecule has 0 aromatic carbocycles. The highest BCUT2D eigenvalue weighted by Gasteiger charge is 2.11. The Morgan fingerprint density at radius 1 is 1.61 bits per heavy atom. The van der Waals surface area contributed by atoms with Crippen LogP contribution in [0.25, 0.3) is 0 Å². The van der Waals surface area contributed by atoms with E-state index < -0.39 is 4.92 Å². The second kappa shape index (κ2) is 4.99. The van der Waals surface area contributed by atoms with Gasteiger partial charge in [-0.2, -0.15) is 10.3 Å². The van der Waals surface area contributed by atoms with Crippen molar-refractivity contribution in [3.8, 4) is 0 Å². The molecule has 0 spiro atoms. The standard InChI is InChI=1S/C7H8N8O3/c16-7(8-2-6-10-12-13-11-6)4-14-3-5(1-9-14)15(17)18/h1,3H,2,4H2,(H,8,16)(H,10,11,12,13). The van der Waals surface area contributed by atoms with Gasteiger partial charge in [0.2, 0.25) is 5.91 Å². The van der Waals surface area contributed by atoms with Crippen molar-refractivity contribution in [2.24, 2.45) is 0 Å². The van der Waals surface area contributed by atoms with E-state index in [1.165, 1.54) is 10.9 Å². The van der Waals surface area contributed by atoms with E-state index in [0.717, 1.165) is 6.20 Å². The molecule has 0 bridgehead atoms. The molecule has 0 unspecified atom stereocenters. The van der Waals surface area contributed by atoms with Crippen molar-refractivity contribution in [2.75, 3.05) is 0 Å². The summed E-state index contributed by atoms with van der Waals surface area (Å²) < 4.78 is 1.17. The summed E-state index contributed by atoms with van der Waals surface area (Å²) in [4.78, 5) is 21.3. The van der Waals surface area contributed by atoms with Crippen molar-refractivity contribution in [1.82, 2.24) is 35.7 Å². The minimum absolute atomic E-state index is 0.119. The molecule has 2 aromatic rings. The molecule has 2 N–H and O–H groups in total. The summed E-state index contributed by atoms with van der Waals surface area (Å²) in [6.07, 6.45) is 2.25. The number of H-pyrrole nitrogens is 1. The number of nitrogens with one attached hydrogen (secondary N) is 2. The Hall–Kier alpha value is -2.85. The van der Waals surface area contributed by atoms with Crippen LogP contribution >= 0.6 is 0 Å². The number of hydrogen-bond donors (Lipinski definition) is 2. The summed E-state index contributed by atoms with van der Waals surface area (Å²) >= 11 is 0. The van der Waals surface area contributed by atoms with E-state index in [1.807, 2.05) is 0 Å². The number of aromatic nitrogens is 6. The summed E-state index contributed by atoms with van der Waals surface area (Å²) in [5.41, 5.74) is -0.166. The number of tetrazole rings is 1. The Morgan fingerprint density at radius 3 is 3.06 bits per heavy atom. The second-order valence-electron chi connectivity index (χ2n) is 3.26. The van der Waals surface area contributed by atoms with Crippen LogP contribution in [0.15, 0.2) is 12.4 Å². The van der Waals surface area contributed by atoms with Gasteiger partial charge < -0.3 is 5.32 Å². The van der Waals surface area contributed by atoms with E-state index in [0.29, 0.717) is 5.82 Å². The molecule has 18 heavy (non-hydrogen) atoms. The Bertz CT molecular complexity index is 547. The van der Waals surface area contributed by atoms with Gasteiger partial charge >= 0.3 is 5.69 Å². The van der Waals surface area contributed by atoms with Gasteiger partial charge in [0.05, 0.1) is 11.5 Å². The smallest absolute Gasteiger partial charge is 0.307 e. The van der Waals surface area contributed by atoms with Crippen molar-refractivity contribution in [1.29, 1.82) is 0 Å². The number of nitrogens with zero attached hydrogens (tertiary/aromatic N) is 6. The minimum atomic E-state index is -0.583. The third-order valence-electron chi connectivity index (χ3n) is 1.97. The van der Waals surface area contributed by atoms with Gasteiger partial charge in [0, 0.05) is 0 Å². The van der Waals surface area contributed by atoms with E-state index >= 15 is 0 Å². The average Bonchev–Trinajstić information content (AvgIpc) is 2.96. The third kappa shape index (κ3) is 2.84. The zero-order valence-electron chi connectivity index (χ0n) is 8.98. The number of carbonyl (C=O) groups excluding carboxylic acids is 1. The summed E-state index contributed by atoms with van der Waals surface area (Å²) in [5.74, 6) is -0.0207. The quantitative estimate of drug-likeness (QED) is 0.492. The molecule has 0 saturated heterocycles. The van der Waals surface area contributed by atoms with Crippen LogP contribution in [0.4, 0.5) is 5.69 Å². The first-order chi connectivity index (χ1) is 8.65. The number of amides is 1. The molecule has 0 aliphatic heterocycles. The normalized spacial score (nSPS) is 10.2. The Morgan fingerprint density at radius 2 is 2.44 bits per heavy atom. The predicted molar refractivity (Wildman–Crippen MR) is 54.9 cm³/mol. The molecule has 1 amide bonds. The van der Waals surface area contributed by atoms with Crippen molar-refractivity contribution < 1.29 is 9.72 Å². The lowest BCUT2D eigenvalue weighted by molar-refractivity contribution is -0.385. The van der Waals surface area contributed by atoms with Crippen molar-refractivity contribution in [2.45, 2.75) is 13.1 Å². The summed E-state index contributed by atoms with van der Waals surface area (Å²) in [6, 6.07) is 0. The first-order valence-corrected chi connectivity index (χ1v) is 4.81. The molecule has 0 aliphatic carbocycles. The monoisotopic (exact) mass is 252 g/mol. The SMILES string of the molecule is O=C(Cn1cc([N+](=O)[O-])cn1)NCc1nn[nH]n1. The van der Waals surface area contributed by atoms with Gasteiger partial charge in [0.25, 0.3) is 0 Å². The third-order valence-corrected chi connectivity index (χ3v) is 1.97. The van der Waals surface area contributed by atoms with Crippen LogP contribution in [0, 0.1) is 10.1 Å². The summed E-state index contributed by atoms with van der Waals surface area (Å²) in [5, 5.41) is 29.5. The molecule has 0 aliphatic rings. The van der Waals surface area contributed by atoms with Crippen molar-refractivity contribution in [3.63, 3.8) is 0 Å². The van der Waals surface area contributed by atoms with E-state index in [-0.39, 0.29) is 24.7 Å². The van der Waals surface area contributed by atoms with E-state index in [2.05, 4.69) is 31.0 Å². The fourth-order valence-electron chi connectivity index (χ4n) is 1.17. The van der Waals surface area contributed by atoms with Gasteiger partial charge in [0.15, 0.2) is 5.82 Å². The molecule has 2 heterocycles. The summed E-state index contributed by atoms with van der Waals surface area (Å²) in [6.45, 7) is 0.00435. The van der Waals surface area contributed by atoms with Gasteiger partial charge in [-0.25, -0.2) is 0 Å². The van der Waals surface area contributed by atoms with Crippen LogP contribution < -0.4 is 5.32 Å². The predicted octanol–water partition coefficient (Wildman–Crippen LogP) is -1.38. The van der Waals surface area contributed by atoms with Crippen LogP contribution in [-0.4, -0.2) is 41.2 Å². The maximum atomic E-state index is 11.5. The number of hydrogen-bond acceptors (Lipinski definition) is 7. The largest absolute Gasteiger partial charge is 0.347 e. The van der Waals surface area contributed by atoms with E-state index in [1.54, 1.807) is 0 Å². The molecular weight excluding hydrogens is 244 g/mol. The first-order valence-electron chi connectivity index (χ1n) is 4.81. The zero-order valence-corrected chi connectivity index (χ0v) is 8.98. The van der Waals surface area contributed by atoms with Gasteiger partial charge in [-0.3, -0.25) is 19.6 Å². The molecule has 94 valence electrons. The number of aromatic amines is 1. The van der Waals surface area contributed by atoms with Gasteiger partial charge in [0.1, 0.15) is 18.9 Å². The van der Waals surface area contributed by atoms with Gasteiger partial charge in [-0.1, -0.05) is 5.21 Å². The fraction of sp³-hybridized carbons (Fsp3) is 0.286. The highest BCUT2D eigenvalue weighted by Crippen LogP contribution is 2.07. The van der Waals surface area contributed by atoms with Crippen LogP contribution in [0.2, 0.25) is 0 Å². The lowest BCUT2D eigenvalue weighted by Gasteiger charge is -2.01. The lowest BCUT2D eigenvalue weighted by Crippen LogP contribution is -2.27. The molecular formula is C7H8N8O3. The maximum absolute atomic E-state index is 11.5. The maximum Gasteiger partial charge on any atom is 0.307 e. The number of rotatable bonds is 5. The average molecular weight is 252 g/mol. The topological polar surface area (TPSA) is 145 Å². The molecule has 0 fully saturated rings. The molecule has 0 atom stereocenters. The fourth-order valence-corrected chi connectivity index (χ4v) is 1.17. The van der Waals surface area contributed by atoms with Crippen LogP contribution in [0.3, 0.4) is 0 Å². The van der Waals surface area contributed by atoms with E-state index in [4.69, 9.17) is 0 Å².